The number of morpholine rings is 1. The maximum Gasteiger partial charge on any atom is 0.197 e. The fourth-order valence-electron chi connectivity index (χ4n) is 3.14. The zero-order valence-electron chi connectivity index (χ0n) is 15.9. The SMILES string of the molecule is CCN1CCOCC1.Cc1[nH]c2sc(Cl)cc2c1C(=O)c1cccc(P)c1Cl. The summed E-state index contributed by atoms with van der Waals surface area (Å²) in [5.41, 5.74) is 1.98. The van der Waals surface area contributed by atoms with Crippen LogP contribution < -0.4 is 5.30 Å². The number of aromatic nitrogens is 1. The quantitative estimate of drug-likeness (QED) is 0.449. The van der Waals surface area contributed by atoms with Crippen molar-refractivity contribution in [3.63, 3.8) is 0 Å². The average Bonchev–Trinajstić information content (AvgIpc) is 3.18. The number of aryl methyl sites for hydroxylation is 1. The predicted octanol–water partition coefficient (Wildman–Crippen LogP) is 4.91. The highest BCUT2D eigenvalue weighted by Gasteiger charge is 2.21. The first-order valence-corrected chi connectivity index (χ1v) is 11.2. The minimum Gasteiger partial charge on any atom is -0.379 e. The van der Waals surface area contributed by atoms with Gasteiger partial charge < -0.3 is 9.72 Å². The molecule has 1 aromatic carbocycles. The number of H-pyrrole nitrogens is 1. The number of halogens is 2. The average molecular weight is 457 g/mol. The zero-order chi connectivity index (χ0) is 20.3. The van der Waals surface area contributed by atoms with Crippen LogP contribution in [0, 0.1) is 6.92 Å². The van der Waals surface area contributed by atoms with Crippen molar-refractivity contribution in [2.75, 3.05) is 32.8 Å². The Bertz CT molecular complexity index is 980. The highest BCUT2D eigenvalue weighted by Crippen LogP contribution is 2.34. The van der Waals surface area contributed by atoms with Crippen molar-refractivity contribution in [1.82, 2.24) is 9.88 Å². The summed E-state index contributed by atoms with van der Waals surface area (Å²) in [7, 11) is 2.53. The molecule has 1 aliphatic heterocycles. The van der Waals surface area contributed by atoms with Crippen LogP contribution in [0.4, 0.5) is 0 Å². The maximum atomic E-state index is 12.8. The van der Waals surface area contributed by atoms with Gasteiger partial charge in [-0.1, -0.05) is 42.3 Å². The number of nitrogens with zero attached hydrogens (tertiary/aromatic N) is 1. The van der Waals surface area contributed by atoms with E-state index >= 15 is 0 Å². The molecule has 1 fully saturated rings. The van der Waals surface area contributed by atoms with Gasteiger partial charge in [0.1, 0.15) is 4.83 Å². The Morgan fingerprint density at radius 1 is 1.32 bits per heavy atom. The second-order valence-electron chi connectivity index (χ2n) is 6.50. The highest BCUT2D eigenvalue weighted by molar-refractivity contribution is 7.28. The molecule has 1 unspecified atom stereocenters. The number of aromatic amines is 1. The fourth-order valence-corrected chi connectivity index (χ4v) is 4.81. The molecule has 3 aromatic rings. The lowest BCUT2D eigenvalue weighted by Crippen LogP contribution is -2.35. The van der Waals surface area contributed by atoms with E-state index in [1.165, 1.54) is 17.9 Å². The van der Waals surface area contributed by atoms with E-state index in [0.29, 0.717) is 20.5 Å². The largest absolute Gasteiger partial charge is 0.379 e. The Morgan fingerprint density at radius 2 is 2.04 bits per heavy atom. The molecule has 4 nitrogen and oxygen atoms in total. The van der Waals surface area contributed by atoms with Gasteiger partial charge in [-0.15, -0.1) is 20.6 Å². The molecular formula is C20H23Cl2N2O2PS. The molecule has 1 N–H and O–H groups in total. The van der Waals surface area contributed by atoms with Crippen molar-refractivity contribution in [1.29, 1.82) is 0 Å². The Labute approximate surface area is 181 Å². The molecular weight excluding hydrogens is 434 g/mol. The van der Waals surface area contributed by atoms with Gasteiger partial charge in [-0.3, -0.25) is 9.69 Å². The summed E-state index contributed by atoms with van der Waals surface area (Å²) in [6.07, 6.45) is 0. The lowest BCUT2D eigenvalue weighted by atomic mass is 10.0. The Morgan fingerprint density at radius 3 is 2.68 bits per heavy atom. The smallest absolute Gasteiger partial charge is 0.197 e. The van der Waals surface area contributed by atoms with Gasteiger partial charge in [-0.2, -0.15) is 0 Å². The Kier molecular flexibility index (Phi) is 7.54. The monoisotopic (exact) mass is 456 g/mol. The summed E-state index contributed by atoms with van der Waals surface area (Å²) >= 11 is 13.7. The number of fused-ring (bicyclic) bond motifs is 1. The van der Waals surface area contributed by atoms with E-state index < -0.39 is 0 Å². The summed E-state index contributed by atoms with van der Waals surface area (Å²) in [4.78, 5) is 19.3. The van der Waals surface area contributed by atoms with Crippen LogP contribution in [0.25, 0.3) is 10.2 Å². The van der Waals surface area contributed by atoms with Crippen LogP contribution in [-0.4, -0.2) is 48.5 Å². The van der Waals surface area contributed by atoms with Gasteiger partial charge >= 0.3 is 0 Å². The molecule has 0 bridgehead atoms. The van der Waals surface area contributed by atoms with Gasteiger partial charge in [0.15, 0.2) is 5.78 Å². The van der Waals surface area contributed by atoms with Crippen LogP contribution in [0.15, 0.2) is 24.3 Å². The van der Waals surface area contributed by atoms with E-state index in [-0.39, 0.29) is 5.78 Å². The van der Waals surface area contributed by atoms with Crippen molar-refractivity contribution in [2.45, 2.75) is 13.8 Å². The van der Waals surface area contributed by atoms with Crippen molar-refractivity contribution in [3.05, 3.63) is 50.4 Å². The molecule has 0 amide bonds. The fraction of sp³-hybridized carbons (Fsp3) is 0.350. The van der Waals surface area contributed by atoms with Gasteiger partial charge in [-0.25, -0.2) is 0 Å². The van der Waals surface area contributed by atoms with E-state index in [1.807, 2.05) is 25.1 Å². The molecule has 8 heteroatoms. The number of nitrogens with one attached hydrogen (secondary N) is 1. The number of hydrogen-bond donors (Lipinski definition) is 1. The third-order valence-electron chi connectivity index (χ3n) is 4.70. The molecule has 4 rings (SSSR count). The van der Waals surface area contributed by atoms with Crippen LogP contribution >= 0.6 is 43.8 Å². The molecule has 0 spiro atoms. The normalized spacial score (nSPS) is 14.8. The topological polar surface area (TPSA) is 45.3 Å². The minimum absolute atomic E-state index is 0.0856. The number of likely N-dealkylation sites (N-methyl/N-ethyl adjacent to an activating group) is 1. The first-order chi connectivity index (χ1) is 13.4. The summed E-state index contributed by atoms with van der Waals surface area (Å²) < 4.78 is 5.82. The van der Waals surface area contributed by atoms with Crippen LogP contribution in [0.1, 0.15) is 28.5 Å². The number of ketones is 1. The minimum atomic E-state index is -0.0856. The van der Waals surface area contributed by atoms with Crippen LogP contribution in [0.2, 0.25) is 9.36 Å². The Balaban J connectivity index is 0.000000236. The predicted molar refractivity (Wildman–Crippen MR) is 123 cm³/mol. The second kappa shape index (κ2) is 9.71. The third kappa shape index (κ3) is 4.79. The molecule has 0 radical (unpaired) electrons. The van der Waals surface area contributed by atoms with Crippen LogP contribution in [0.3, 0.4) is 0 Å². The molecule has 1 aliphatic rings. The highest BCUT2D eigenvalue weighted by atomic mass is 35.5. The van der Waals surface area contributed by atoms with Gasteiger partial charge in [0, 0.05) is 29.7 Å². The van der Waals surface area contributed by atoms with Crippen molar-refractivity contribution in [3.8, 4) is 0 Å². The lowest BCUT2D eigenvalue weighted by molar-refractivity contribution is 0.0405. The number of carbonyl (C=O) groups excluding carboxylic acids is 1. The number of thiophene rings is 1. The van der Waals surface area contributed by atoms with Crippen molar-refractivity contribution in [2.24, 2.45) is 0 Å². The van der Waals surface area contributed by atoms with Gasteiger partial charge in [0.25, 0.3) is 0 Å². The van der Waals surface area contributed by atoms with Crippen molar-refractivity contribution >= 4 is 65.1 Å². The third-order valence-corrected chi connectivity index (χ3v) is 6.96. The number of ether oxygens (including phenoxy) is 1. The number of rotatable bonds is 3. The van der Waals surface area contributed by atoms with E-state index in [1.54, 1.807) is 6.07 Å². The molecule has 28 heavy (non-hydrogen) atoms. The zero-order valence-corrected chi connectivity index (χ0v) is 19.3. The number of benzene rings is 1. The second-order valence-corrected chi connectivity index (χ2v) is 9.19. The number of hydrogen-bond acceptors (Lipinski definition) is 4. The first-order valence-electron chi connectivity index (χ1n) is 9.08. The van der Waals surface area contributed by atoms with E-state index in [2.05, 4.69) is 26.0 Å². The van der Waals surface area contributed by atoms with Crippen LogP contribution in [0.5, 0.6) is 0 Å². The molecule has 3 heterocycles. The maximum absolute atomic E-state index is 12.8. The lowest BCUT2D eigenvalue weighted by Gasteiger charge is -2.24. The summed E-state index contributed by atoms with van der Waals surface area (Å²) in [6.45, 7) is 9.33. The van der Waals surface area contributed by atoms with Crippen LogP contribution in [-0.2, 0) is 4.74 Å². The molecule has 150 valence electrons. The standard InChI is InChI=1S/C14H10Cl2NOPS.C6H13NO/c1-6-11(8-5-10(15)20-14(8)17-6)13(18)7-3-2-4-9(19)12(7)16;1-2-7-3-5-8-6-4-7/h2-5,17H,19H2,1H3;2-6H2,1H3. The molecule has 1 atom stereocenters. The summed E-state index contributed by atoms with van der Waals surface area (Å²) in [6, 6.07) is 7.23. The van der Waals surface area contributed by atoms with E-state index in [4.69, 9.17) is 27.9 Å². The number of carbonyl (C=O) groups is 1. The first kappa shape index (κ1) is 21.8. The molecule has 0 aliphatic carbocycles. The molecule has 1 saturated heterocycles. The summed E-state index contributed by atoms with van der Waals surface area (Å²) in [5, 5.41) is 2.13. The molecule has 0 saturated carbocycles. The Hall–Kier alpha value is -0.940. The van der Waals surface area contributed by atoms with E-state index in [0.717, 1.165) is 47.5 Å². The summed E-state index contributed by atoms with van der Waals surface area (Å²) in [5.74, 6) is -0.0856. The van der Waals surface area contributed by atoms with Gasteiger partial charge in [-0.05, 0) is 30.9 Å². The van der Waals surface area contributed by atoms with Gasteiger partial charge in [0.05, 0.1) is 28.1 Å². The van der Waals surface area contributed by atoms with E-state index in [9.17, 15) is 4.79 Å². The van der Waals surface area contributed by atoms with Gasteiger partial charge in [0.2, 0.25) is 0 Å². The molecule has 2 aromatic heterocycles. The van der Waals surface area contributed by atoms with Crippen molar-refractivity contribution < 1.29 is 9.53 Å².